The van der Waals surface area contributed by atoms with Crippen molar-refractivity contribution in [2.24, 2.45) is 0 Å². The molecular formula is C9H13N2. The molecule has 0 saturated carbocycles. The van der Waals surface area contributed by atoms with Crippen molar-refractivity contribution in [1.82, 2.24) is 9.97 Å². The second kappa shape index (κ2) is 4.06. The van der Waals surface area contributed by atoms with Crippen LogP contribution < -0.4 is 0 Å². The monoisotopic (exact) mass is 149 g/mol. The molecule has 1 heterocycles. The minimum absolute atomic E-state index is 0.476. The summed E-state index contributed by atoms with van der Waals surface area (Å²) in [6, 6.07) is 0. The quantitative estimate of drug-likeness (QED) is 0.658. The van der Waals surface area contributed by atoms with Crippen molar-refractivity contribution in [2.75, 3.05) is 0 Å². The van der Waals surface area contributed by atoms with Crippen LogP contribution in [0.3, 0.4) is 0 Å². The molecule has 1 aromatic heterocycles. The van der Waals surface area contributed by atoms with E-state index in [4.69, 9.17) is 0 Å². The molecule has 1 atom stereocenters. The molecule has 0 N–H and O–H groups in total. The van der Waals surface area contributed by atoms with Crippen LogP contribution in [-0.2, 0) is 0 Å². The van der Waals surface area contributed by atoms with Crippen LogP contribution in [0.2, 0.25) is 0 Å². The van der Waals surface area contributed by atoms with Gasteiger partial charge in [0.2, 0.25) is 0 Å². The number of hydrogen-bond acceptors (Lipinski definition) is 2. The van der Waals surface area contributed by atoms with Gasteiger partial charge in [0.1, 0.15) is 0 Å². The molecule has 0 saturated heterocycles. The van der Waals surface area contributed by atoms with Gasteiger partial charge in [0, 0.05) is 24.5 Å². The minimum Gasteiger partial charge on any atom is -0.261 e. The van der Waals surface area contributed by atoms with Crippen molar-refractivity contribution in [2.45, 2.75) is 25.7 Å². The summed E-state index contributed by atoms with van der Waals surface area (Å²) >= 11 is 0. The van der Waals surface area contributed by atoms with E-state index in [9.17, 15) is 0 Å². The van der Waals surface area contributed by atoms with Crippen LogP contribution in [0.1, 0.15) is 31.4 Å². The zero-order valence-corrected chi connectivity index (χ0v) is 6.83. The molecule has 2 heteroatoms. The van der Waals surface area contributed by atoms with E-state index in [1.807, 2.05) is 6.20 Å². The van der Waals surface area contributed by atoms with Crippen molar-refractivity contribution >= 4 is 0 Å². The van der Waals surface area contributed by atoms with Crippen LogP contribution in [0.15, 0.2) is 18.6 Å². The molecule has 11 heavy (non-hydrogen) atoms. The van der Waals surface area contributed by atoms with Crippen LogP contribution in [0.4, 0.5) is 0 Å². The molecule has 2 nitrogen and oxygen atoms in total. The van der Waals surface area contributed by atoms with Crippen molar-refractivity contribution in [3.63, 3.8) is 0 Å². The van der Waals surface area contributed by atoms with Crippen molar-refractivity contribution in [3.05, 3.63) is 31.2 Å². The number of rotatable bonds is 3. The van der Waals surface area contributed by atoms with E-state index in [2.05, 4.69) is 23.8 Å². The molecule has 1 radical (unpaired) electrons. The molecule has 0 amide bonds. The maximum absolute atomic E-state index is 4.22. The lowest BCUT2D eigenvalue weighted by atomic mass is 10.0. The van der Waals surface area contributed by atoms with Crippen LogP contribution in [0.25, 0.3) is 0 Å². The van der Waals surface area contributed by atoms with Gasteiger partial charge in [-0.1, -0.05) is 13.8 Å². The molecule has 0 aromatic carbocycles. The van der Waals surface area contributed by atoms with E-state index >= 15 is 0 Å². The fraction of sp³-hybridized carbons (Fsp3) is 0.444. The van der Waals surface area contributed by atoms with Crippen molar-refractivity contribution < 1.29 is 0 Å². The first-order valence-corrected chi connectivity index (χ1v) is 3.93. The van der Waals surface area contributed by atoms with Crippen LogP contribution in [0.5, 0.6) is 0 Å². The molecule has 0 aliphatic rings. The summed E-state index contributed by atoms with van der Waals surface area (Å²) in [5.41, 5.74) is 1.06. The lowest BCUT2D eigenvalue weighted by Gasteiger charge is -2.09. The molecule has 59 valence electrons. The summed E-state index contributed by atoms with van der Waals surface area (Å²) in [6.45, 7) is 6.01. The molecule has 0 fully saturated rings. The highest BCUT2D eigenvalue weighted by atomic mass is 14.8. The van der Waals surface area contributed by atoms with E-state index < -0.39 is 0 Å². The number of nitrogens with zero attached hydrogens (tertiary/aromatic N) is 2. The van der Waals surface area contributed by atoms with E-state index in [-0.39, 0.29) is 0 Å². The van der Waals surface area contributed by atoms with Crippen LogP contribution in [0, 0.1) is 6.92 Å². The first-order valence-electron chi connectivity index (χ1n) is 3.93. The first-order chi connectivity index (χ1) is 5.38. The Morgan fingerprint density at radius 3 is 2.82 bits per heavy atom. The Balaban J connectivity index is 2.74. The summed E-state index contributed by atoms with van der Waals surface area (Å²) in [5.74, 6) is 0.476. The molecule has 1 unspecified atom stereocenters. The zero-order chi connectivity index (χ0) is 8.10. The number of hydrogen-bond donors (Lipinski definition) is 0. The fourth-order valence-electron chi connectivity index (χ4n) is 1.08. The molecular weight excluding hydrogens is 136 g/mol. The van der Waals surface area contributed by atoms with Gasteiger partial charge in [-0.25, -0.2) is 0 Å². The highest BCUT2D eigenvalue weighted by molar-refractivity contribution is 5.02. The predicted octanol–water partition coefficient (Wildman–Crippen LogP) is 2.19. The van der Waals surface area contributed by atoms with Gasteiger partial charge < -0.3 is 0 Å². The van der Waals surface area contributed by atoms with Gasteiger partial charge in [-0.3, -0.25) is 9.97 Å². The van der Waals surface area contributed by atoms with E-state index in [1.165, 1.54) is 0 Å². The van der Waals surface area contributed by atoms with Crippen LogP contribution >= 0.6 is 0 Å². The average molecular weight is 149 g/mol. The maximum Gasteiger partial charge on any atom is 0.0617 e. The third-order valence-corrected chi connectivity index (χ3v) is 1.84. The Morgan fingerprint density at radius 2 is 2.36 bits per heavy atom. The van der Waals surface area contributed by atoms with Gasteiger partial charge in [0.15, 0.2) is 0 Å². The molecule has 1 aromatic rings. The van der Waals surface area contributed by atoms with E-state index in [1.54, 1.807) is 12.4 Å². The smallest absolute Gasteiger partial charge is 0.0617 e. The SMILES string of the molecule is [CH2]CC(CC)c1cnccn1. The third-order valence-electron chi connectivity index (χ3n) is 1.84. The molecule has 0 spiro atoms. The van der Waals surface area contributed by atoms with E-state index in [0.29, 0.717) is 5.92 Å². The Kier molecular flexibility index (Phi) is 3.02. The van der Waals surface area contributed by atoms with Gasteiger partial charge in [-0.2, -0.15) is 0 Å². The zero-order valence-electron chi connectivity index (χ0n) is 6.83. The number of aromatic nitrogens is 2. The molecule has 0 aliphatic heterocycles. The Labute approximate surface area is 67.7 Å². The largest absolute Gasteiger partial charge is 0.261 e. The second-order valence-electron chi connectivity index (χ2n) is 2.52. The highest BCUT2D eigenvalue weighted by Gasteiger charge is 2.06. The normalized spacial score (nSPS) is 10.5. The second-order valence-corrected chi connectivity index (χ2v) is 2.52. The lowest BCUT2D eigenvalue weighted by molar-refractivity contribution is 0.647. The van der Waals surface area contributed by atoms with Gasteiger partial charge >= 0.3 is 0 Å². The minimum atomic E-state index is 0.476. The summed E-state index contributed by atoms with van der Waals surface area (Å²) in [5, 5.41) is 0. The van der Waals surface area contributed by atoms with E-state index in [0.717, 1.165) is 18.5 Å². The van der Waals surface area contributed by atoms with Crippen molar-refractivity contribution in [1.29, 1.82) is 0 Å². The standard InChI is InChI=1S/C9H13N2/c1-3-8(4-2)9-7-10-5-6-11-9/h5-8H,1,3-4H2,2H3. The summed E-state index contributed by atoms with van der Waals surface area (Å²) in [6.07, 6.45) is 7.23. The lowest BCUT2D eigenvalue weighted by Crippen LogP contribution is -1.98. The summed E-state index contributed by atoms with van der Waals surface area (Å²) < 4.78 is 0. The van der Waals surface area contributed by atoms with Gasteiger partial charge in [-0.05, 0) is 12.8 Å². The topological polar surface area (TPSA) is 25.8 Å². The highest BCUT2D eigenvalue weighted by Crippen LogP contribution is 2.18. The molecule has 1 rings (SSSR count). The maximum atomic E-state index is 4.22. The predicted molar refractivity (Wildman–Crippen MR) is 45.0 cm³/mol. The Bertz CT molecular complexity index is 192. The summed E-state index contributed by atoms with van der Waals surface area (Å²) in [7, 11) is 0. The van der Waals surface area contributed by atoms with Crippen molar-refractivity contribution in [3.8, 4) is 0 Å². The Hall–Kier alpha value is -0.920. The summed E-state index contributed by atoms with van der Waals surface area (Å²) in [4.78, 5) is 8.23. The fourth-order valence-corrected chi connectivity index (χ4v) is 1.08. The van der Waals surface area contributed by atoms with Gasteiger partial charge in [0.25, 0.3) is 0 Å². The average Bonchev–Trinajstić information content (AvgIpc) is 2.09. The molecule has 0 aliphatic carbocycles. The third kappa shape index (κ3) is 2.00. The Morgan fingerprint density at radius 1 is 1.55 bits per heavy atom. The van der Waals surface area contributed by atoms with Crippen LogP contribution in [-0.4, -0.2) is 9.97 Å². The van der Waals surface area contributed by atoms with Gasteiger partial charge in [-0.15, -0.1) is 0 Å². The first kappa shape index (κ1) is 8.18. The van der Waals surface area contributed by atoms with Gasteiger partial charge in [0.05, 0.1) is 5.69 Å². The molecule has 0 bridgehead atoms.